The van der Waals surface area contributed by atoms with E-state index in [9.17, 15) is 4.39 Å². The normalized spacial score (nSPS) is 10.9. The Morgan fingerprint density at radius 1 is 1.06 bits per heavy atom. The second-order valence-electron chi connectivity index (χ2n) is 3.67. The third kappa shape index (κ3) is 1.59. The molecule has 0 amide bonds. The Labute approximate surface area is 102 Å². The minimum atomic E-state index is -0.306. The lowest BCUT2D eigenvalue weighted by Gasteiger charge is -2.04. The molecule has 4 heteroatoms. The highest BCUT2D eigenvalue weighted by atomic mass is 35.5. The number of hydrogen-bond donors (Lipinski definition) is 0. The van der Waals surface area contributed by atoms with Gasteiger partial charge in [0.2, 0.25) is 0 Å². The maximum Gasteiger partial charge on any atom is 0.148 e. The smallest absolute Gasteiger partial charge is 0.148 e. The maximum atomic E-state index is 13.7. The molecular formula is C13H8ClFN2. The summed E-state index contributed by atoms with van der Waals surface area (Å²) in [6.45, 7) is 0. The molecule has 0 bridgehead atoms. The number of hydrogen-bond acceptors (Lipinski definition) is 1. The Bertz CT molecular complexity index is 691. The van der Waals surface area contributed by atoms with Crippen LogP contribution in [0.1, 0.15) is 0 Å². The van der Waals surface area contributed by atoms with Gasteiger partial charge in [0.15, 0.2) is 0 Å². The number of aromatic nitrogens is 2. The number of nitrogens with zero attached hydrogens (tertiary/aromatic N) is 2. The molecule has 2 nitrogen and oxygen atoms in total. The van der Waals surface area contributed by atoms with Crippen LogP contribution in [-0.2, 0) is 0 Å². The van der Waals surface area contributed by atoms with Crippen molar-refractivity contribution in [1.29, 1.82) is 0 Å². The number of benzene rings is 1. The van der Waals surface area contributed by atoms with Crippen LogP contribution in [0.5, 0.6) is 0 Å². The summed E-state index contributed by atoms with van der Waals surface area (Å²) in [5.74, 6) is 0.212. The first-order valence-corrected chi connectivity index (χ1v) is 5.52. The number of halogens is 2. The summed E-state index contributed by atoms with van der Waals surface area (Å²) in [6, 6.07) is 12.0. The van der Waals surface area contributed by atoms with Gasteiger partial charge in [-0.05, 0) is 24.3 Å². The molecular weight excluding hydrogens is 239 g/mol. The molecule has 0 unspecified atom stereocenters. The summed E-state index contributed by atoms with van der Waals surface area (Å²) in [4.78, 5) is 4.23. The van der Waals surface area contributed by atoms with E-state index in [0.717, 1.165) is 5.52 Å². The Hall–Kier alpha value is -1.87. The minimum absolute atomic E-state index is 0.306. The second kappa shape index (κ2) is 3.86. The van der Waals surface area contributed by atoms with Crippen molar-refractivity contribution in [2.45, 2.75) is 0 Å². The standard InChI is InChI=1S/C13H8ClFN2/c14-12-7-3-4-9-8-16-13(17(9)12)10-5-1-2-6-11(10)15/h1-8H. The largest absolute Gasteiger partial charge is 0.283 e. The molecule has 0 aliphatic carbocycles. The van der Waals surface area contributed by atoms with E-state index in [0.29, 0.717) is 16.5 Å². The molecule has 3 rings (SSSR count). The Morgan fingerprint density at radius 2 is 1.88 bits per heavy atom. The average Bonchev–Trinajstić information content (AvgIpc) is 2.75. The van der Waals surface area contributed by atoms with Crippen molar-refractivity contribution in [1.82, 2.24) is 9.38 Å². The molecule has 0 aliphatic heterocycles. The van der Waals surface area contributed by atoms with Gasteiger partial charge in [0, 0.05) is 0 Å². The van der Waals surface area contributed by atoms with Gasteiger partial charge in [0.1, 0.15) is 16.8 Å². The van der Waals surface area contributed by atoms with Crippen molar-refractivity contribution >= 4 is 17.1 Å². The Kier molecular flexibility index (Phi) is 2.34. The van der Waals surface area contributed by atoms with Crippen LogP contribution in [0.2, 0.25) is 5.15 Å². The topological polar surface area (TPSA) is 17.3 Å². The molecule has 1 aromatic carbocycles. The van der Waals surface area contributed by atoms with E-state index >= 15 is 0 Å². The van der Waals surface area contributed by atoms with Gasteiger partial charge >= 0.3 is 0 Å². The fraction of sp³-hybridized carbons (Fsp3) is 0. The molecule has 0 atom stereocenters. The molecule has 0 N–H and O–H groups in total. The van der Waals surface area contributed by atoms with Crippen LogP contribution in [0.4, 0.5) is 4.39 Å². The fourth-order valence-electron chi connectivity index (χ4n) is 1.84. The molecule has 2 aromatic heterocycles. The highest BCUT2D eigenvalue weighted by Gasteiger charge is 2.11. The van der Waals surface area contributed by atoms with Crippen LogP contribution < -0.4 is 0 Å². The van der Waals surface area contributed by atoms with Crippen LogP contribution in [-0.4, -0.2) is 9.38 Å². The Balaban J connectivity index is 2.36. The van der Waals surface area contributed by atoms with Crippen LogP contribution in [0.3, 0.4) is 0 Å². The first kappa shape index (κ1) is 10.3. The van der Waals surface area contributed by atoms with Crippen molar-refractivity contribution < 1.29 is 4.39 Å². The quantitative estimate of drug-likeness (QED) is 0.597. The summed E-state index contributed by atoms with van der Waals surface area (Å²) < 4.78 is 15.4. The van der Waals surface area contributed by atoms with E-state index in [-0.39, 0.29) is 5.82 Å². The molecule has 3 aromatic rings. The zero-order chi connectivity index (χ0) is 11.8. The molecule has 0 radical (unpaired) electrons. The fourth-order valence-corrected chi connectivity index (χ4v) is 2.09. The highest BCUT2D eigenvalue weighted by Crippen LogP contribution is 2.25. The van der Waals surface area contributed by atoms with Gasteiger partial charge < -0.3 is 0 Å². The van der Waals surface area contributed by atoms with E-state index in [4.69, 9.17) is 11.6 Å². The molecule has 84 valence electrons. The minimum Gasteiger partial charge on any atom is -0.283 e. The van der Waals surface area contributed by atoms with Crippen LogP contribution >= 0.6 is 11.6 Å². The first-order chi connectivity index (χ1) is 8.27. The number of rotatable bonds is 1. The molecule has 2 heterocycles. The lowest BCUT2D eigenvalue weighted by atomic mass is 10.2. The highest BCUT2D eigenvalue weighted by molar-refractivity contribution is 6.30. The van der Waals surface area contributed by atoms with Gasteiger partial charge in [-0.3, -0.25) is 4.40 Å². The van der Waals surface area contributed by atoms with Crippen LogP contribution in [0, 0.1) is 5.82 Å². The van der Waals surface area contributed by atoms with Crippen LogP contribution in [0.25, 0.3) is 16.9 Å². The molecule has 0 aliphatic rings. The van der Waals surface area contributed by atoms with Crippen molar-refractivity contribution in [2.24, 2.45) is 0 Å². The van der Waals surface area contributed by atoms with Gasteiger partial charge in [-0.15, -0.1) is 0 Å². The monoisotopic (exact) mass is 246 g/mol. The van der Waals surface area contributed by atoms with E-state index < -0.39 is 0 Å². The van der Waals surface area contributed by atoms with Crippen molar-refractivity contribution in [3.63, 3.8) is 0 Å². The van der Waals surface area contributed by atoms with E-state index in [1.807, 2.05) is 12.1 Å². The van der Waals surface area contributed by atoms with E-state index in [1.54, 1.807) is 34.9 Å². The zero-order valence-electron chi connectivity index (χ0n) is 8.77. The van der Waals surface area contributed by atoms with Crippen molar-refractivity contribution in [2.75, 3.05) is 0 Å². The molecule has 0 fully saturated rings. The summed E-state index contributed by atoms with van der Waals surface area (Å²) >= 11 is 6.11. The van der Waals surface area contributed by atoms with Gasteiger partial charge in [-0.1, -0.05) is 29.8 Å². The zero-order valence-corrected chi connectivity index (χ0v) is 9.53. The van der Waals surface area contributed by atoms with E-state index in [1.165, 1.54) is 6.07 Å². The Morgan fingerprint density at radius 3 is 2.71 bits per heavy atom. The first-order valence-electron chi connectivity index (χ1n) is 5.14. The van der Waals surface area contributed by atoms with E-state index in [2.05, 4.69) is 4.98 Å². The number of pyridine rings is 1. The number of imidazole rings is 1. The molecule has 17 heavy (non-hydrogen) atoms. The van der Waals surface area contributed by atoms with Crippen molar-refractivity contribution in [3.05, 3.63) is 59.6 Å². The van der Waals surface area contributed by atoms with Gasteiger partial charge in [-0.2, -0.15) is 0 Å². The lowest BCUT2D eigenvalue weighted by molar-refractivity contribution is 0.630. The third-order valence-electron chi connectivity index (χ3n) is 2.62. The molecule has 0 saturated carbocycles. The third-order valence-corrected chi connectivity index (χ3v) is 2.91. The predicted octanol–water partition coefficient (Wildman–Crippen LogP) is 3.79. The van der Waals surface area contributed by atoms with Gasteiger partial charge in [-0.25, -0.2) is 9.37 Å². The van der Waals surface area contributed by atoms with Gasteiger partial charge in [0.05, 0.1) is 17.3 Å². The summed E-state index contributed by atoms with van der Waals surface area (Å²) in [6.07, 6.45) is 1.67. The summed E-state index contributed by atoms with van der Waals surface area (Å²) in [5, 5.41) is 0.512. The lowest BCUT2D eigenvalue weighted by Crippen LogP contribution is -1.93. The van der Waals surface area contributed by atoms with Crippen molar-refractivity contribution in [3.8, 4) is 11.4 Å². The summed E-state index contributed by atoms with van der Waals surface area (Å²) in [5.41, 5.74) is 1.29. The SMILES string of the molecule is Fc1ccccc1-c1ncc2cccc(Cl)n12. The predicted molar refractivity (Wildman–Crippen MR) is 65.6 cm³/mol. The summed E-state index contributed by atoms with van der Waals surface area (Å²) in [7, 11) is 0. The van der Waals surface area contributed by atoms with Gasteiger partial charge in [0.25, 0.3) is 0 Å². The number of fused-ring (bicyclic) bond motifs is 1. The molecule has 0 spiro atoms. The average molecular weight is 247 g/mol. The second-order valence-corrected chi connectivity index (χ2v) is 4.06. The van der Waals surface area contributed by atoms with Crippen LogP contribution in [0.15, 0.2) is 48.7 Å². The maximum absolute atomic E-state index is 13.7. The molecule has 0 saturated heterocycles.